The van der Waals surface area contributed by atoms with Crippen molar-refractivity contribution in [2.45, 2.75) is 19.4 Å². The minimum absolute atomic E-state index is 0.314. The molecule has 1 N–H and O–H groups in total. The highest BCUT2D eigenvalue weighted by Crippen LogP contribution is 2.03. The lowest BCUT2D eigenvalue weighted by Crippen LogP contribution is -2.46. The van der Waals surface area contributed by atoms with Crippen LogP contribution in [0, 0.1) is 0 Å². The Morgan fingerprint density at radius 3 is 2.58 bits per heavy atom. The number of pyridine rings is 1. The van der Waals surface area contributed by atoms with E-state index >= 15 is 0 Å². The fourth-order valence-electron chi connectivity index (χ4n) is 1.52. The third-order valence-corrected chi connectivity index (χ3v) is 3.00. The van der Waals surface area contributed by atoms with Crippen LogP contribution >= 0.6 is 0 Å². The number of carboxylic acids is 1. The Hall–Kier alpha value is -2.11. The number of carbonyl (C=O) groups is 2. The number of carbonyl (C=O) groups excluding carboxylic acids is 1. The number of aliphatic carboxylic acids is 1. The Kier molecular flexibility index (Phi) is 5.29. The van der Waals surface area contributed by atoms with Crippen LogP contribution in [0.25, 0.3) is 0 Å². The zero-order chi connectivity index (χ0) is 14.4. The molecule has 6 nitrogen and oxygen atoms in total. The summed E-state index contributed by atoms with van der Waals surface area (Å²) in [4.78, 5) is 29.7. The lowest BCUT2D eigenvalue weighted by atomic mass is 10.2. The average molecular weight is 265 g/mol. The van der Waals surface area contributed by atoms with E-state index < -0.39 is 12.0 Å². The first-order chi connectivity index (χ1) is 8.93. The van der Waals surface area contributed by atoms with Gasteiger partial charge < -0.3 is 14.9 Å². The Labute approximate surface area is 112 Å². The SMILES string of the molecule is CC(C(=O)O)N(C)C(=O)N(C)CCc1ccccn1. The van der Waals surface area contributed by atoms with Crippen molar-refractivity contribution in [1.29, 1.82) is 0 Å². The molecule has 0 aliphatic rings. The summed E-state index contributed by atoms with van der Waals surface area (Å²) in [6.07, 6.45) is 2.34. The van der Waals surface area contributed by atoms with Crippen LogP contribution in [0.3, 0.4) is 0 Å². The fourth-order valence-corrected chi connectivity index (χ4v) is 1.52. The summed E-state index contributed by atoms with van der Waals surface area (Å²) >= 11 is 0. The van der Waals surface area contributed by atoms with Crippen LogP contribution in [0.2, 0.25) is 0 Å². The van der Waals surface area contributed by atoms with Gasteiger partial charge in [-0.05, 0) is 19.1 Å². The normalized spacial score (nSPS) is 11.7. The van der Waals surface area contributed by atoms with Crippen molar-refractivity contribution in [3.8, 4) is 0 Å². The molecule has 0 radical (unpaired) electrons. The van der Waals surface area contributed by atoms with Crippen molar-refractivity contribution < 1.29 is 14.7 Å². The summed E-state index contributed by atoms with van der Waals surface area (Å²) in [6.45, 7) is 1.97. The molecule has 1 aromatic heterocycles. The molecule has 0 saturated carbocycles. The van der Waals surface area contributed by atoms with E-state index in [2.05, 4.69) is 4.98 Å². The maximum atomic E-state index is 12.0. The van der Waals surface area contributed by atoms with Crippen molar-refractivity contribution in [1.82, 2.24) is 14.8 Å². The van der Waals surface area contributed by atoms with E-state index in [1.54, 1.807) is 13.2 Å². The first-order valence-corrected chi connectivity index (χ1v) is 6.04. The number of amides is 2. The first-order valence-electron chi connectivity index (χ1n) is 6.04. The molecule has 0 aliphatic carbocycles. The molecule has 0 aromatic carbocycles. The maximum absolute atomic E-state index is 12.0. The number of nitrogens with zero attached hydrogens (tertiary/aromatic N) is 3. The second kappa shape index (κ2) is 6.72. The van der Waals surface area contributed by atoms with Crippen molar-refractivity contribution in [2.24, 2.45) is 0 Å². The van der Waals surface area contributed by atoms with Crippen LogP contribution in [-0.2, 0) is 11.2 Å². The van der Waals surface area contributed by atoms with Gasteiger partial charge in [0.2, 0.25) is 0 Å². The number of rotatable bonds is 5. The van der Waals surface area contributed by atoms with Gasteiger partial charge in [-0.1, -0.05) is 6.07 Å². The highest BCUT2D eigenvalue weighted by molar-refractivity contribution is 5.82. The van der Waals surface area contributed by atoms with Crippen LogP contribution in [0.5, 0.6) is 0 Å². The van der Waals surface area contributed by atoms with Gasteiger partial charge in [-0.3, -0.25) is 4.98 Å². The maximum Gasteiger partial charge on any atom is 0.326 e. The van der Waals surface area contributed by atoms with E-state index in [9.17, 15) is 9.59 Å². The number of urea groups is 1. The van der Waals surface area contributed by atoms with Crippen molar-refractivity contribution >= 4 is 12.0 Å². The summed E-state index contributed by atoms with van der Waals surface area (Å²) in [5.41, 5.74) is 0.899. The Morgan fingerprint density at radius 1 is 1.37 bits per heavy atom. The molecule has 1 aromatic rings. The van der Waals surface area contributed by atoms with Crippen LogP contribution < -0.4 is 0 Å². The number of likely N-dealkylation sites (N-methyl/N-ethyl adjacent to an activating group) is 2. The number of hydrogen-bond acceptors (Lipinski definition) is 3. The standard InChI is InChI=1S/C13H19N3O3/c1-10(12(17)18)16(3)13(19)15(2)9-7-11-6-4-5-8-14-11/h4-6,8,10H,7,9H2,1-3H3,(H,17,18). The highest BCUT2D eigenvalue weighted by Gasteiger charge is 2.23. The van der Waals surface area contributed by atoms with Crippen LogP contribution in [0.4, 0.5) is 4.79 Å². The zero-order valence-corrected chi connectivity index (χ0v) is 11.4. The summed E-state index contributed by atoms with van der Waals surface area (Å²) in [7, 11) is 3.13. The molecular weight excluding hydrogens is 246 g/mol. The van der Waals surface area contributed by atoms with Crippen LogP contribution in [0.15, 0.2) is 24.4 Å². The van der Waals surface area contributed by atoms with Gasteiger partial charge in [0.15, 0.2) is 0 Å². The van der Waals surface area contributed by atoms with Crippen molar-refractivity contribution in [3.63, 3.8) is 0 Å². The fraction of sp³-hybridized carbons (Fsp3) is 0.462. The van der Waals surface area contributed by atoms with Crippen molar-refractivity contribution in [3.05, 3.63) is 30.1 Å². The quantitative estimate of drug-likeness (QED) is 0.864. The van der Waals surface area contributed by atoms with Gasteiger partial charge in [0.25, 0.3) is 0 Å². The minimum atomic E-state index is -1.02. The van der Waals surface area contributed by atoms with Crippen molar-refractivity contribution in [2.75, 3.05) is 20.6 Å². The second-order valence-electron chi connectivity index (χ2n) is 4.40. The Morgan fingerprint density at radius 2 is 2.05 bits per heavy atom. The van der Waals surface area contributed by atoms with E-state index in [4.69, 9.17) is 5.11 Å². The monoisotopic (exact) mass is 265 g/mol. The molecule has 6 heteroatoms. The summed E-state index contributed by atoms with van der Waals surface area (Å²) in [5.74, 6) is -1.02. The third kappa shape index (κ3) is 4.24. The van der Waals surface area contributed by atoms with E-state index in [0.29, 0.717) is 13.0 Å². The number of carboxylic acid groups (broad SMARTS) is 1. The smallest absolute Gasteiger partial charge is 0.326 e. The van der Waals surface area contributed by atoms with Gasteiger partial charge in [-0.25, -0.2) is 9.59 Å². The predicted octanol–water partition coefficient (Wildman–Crippen LogP) is 1.08. The molecule has 1 heterocycles. The second-order valence-corrected chi connectivity index (χ2v) is 4.40. The van der Waals surface area contributed by atoms with Gasteiger partial charge in [-0.2, -0.15) is 0 Å². The molecule has 0 spiro atoms. The highest BCUT2D eigenvalue weighted by atomic mass is 16.4. The van der Waals surface area contributed by atoms with E-state index in [1.807, 2.05) is 18.2 Å². The Balaban J connectivity index is 2.51. The first kappa shape index (κ1) is 14.9. The lowest BCUT2D eigenvalue weighted by Gasteiger charge is -2.27. The van der Waals surface area contributed by atoms with Gasteiger partial charge in [0.1, 0.15) is 6.04 Å². The molecule has 1 rings (SSSR count). The van der Waals surface area contributed by atoms with E-state index in [0.717, 1.165) is 5.69 Å². The van der Waals surface area contributed by atoms with Gasteiger partial charge >= 0.3 is 12.0 Å². The van der Waals surface area contributed by atoms with E-state index in [-0.39, 0.29) is 6.03 Å². The zero-order valence-electron chi connectivity index (χ0n) is 11.4. The largest absolute Gasteiger partial charge is 0.480 e. The Bertz CT molecular complexity index is 436. The molecule has 19 heavy (non-hydrogen) atoms. The molecule has 1 unspecified atom stereocenters. The van der Waals surface area contributed by atoms with Crippen LogP contribution in [-0.4, -0.2) is 58.6 Å². The minimum Gasteiger partial charge on any atom is -0.480 e. The third-order valence-electron chi connectivity index (χ3n) is 3.00. The molecule has 0 saturated heterocycles. The number of hydrogen-bond donors (Lipinski definition) is 1. The van der Waals surface area contributed by atoms with Crippen LogP contribution in [0.1, 0.15) is 12.6 Å². The lowest BCUT2D eigenvalue weighted by molar-refractivity contribution is -0.141. The summed E-state index contributed by atoms with van der Waals surface area (Å²) in [5, 5.41) is 8.87. The van der Waals surface area contributed by atoms with Gasteiger partial charge in [0, 0.05) is 39.0 Å². The molecule has 1 atom stereocenters. The number of aromatic nitrogens is 1. The van der Waals surface area contributed by atoms with E-state index in [1.165, 1.54) is 23.8 Å². The van der Waals surface area contributed by atoms with Gasteiger partial charge in [-0.15, -0.1) is 0 Å². The average Bonchev–Trinajstić information content (AvgIpc) is 2.43. The molecular formula is C13H19N3O3. The summed E-state index contributed by atoms with van der Waals surface area (Å²) in [6, 6.07) is 4.46. The van der Waals surface area contributed by atoms with Gasteiger partial charge in [0.05, 0.1) is 0 Å². The predicted molar refractivity (Wildman–Crippen MR) is 70.8 cm³/mol. The molecule has 2 amide bonds. The molecule has 0 bridgehead atoms. The molecule has 104 valence electrons. The molecule has 0 aliphatic heterocycles. The molecule has 0 fully saturated rings. The topological polar surface area (TPSA) is 73.7 Å². The summed E-state index contributed by atoms with van der Waals surface area (Å²) < 4.78 is 0.